The van der Waals surface area contributed by atoms with Crippen LogP contribution in [0.2, 0.25) is 0 Å². The van der Waals surface area contributed by atoms with Gasteiger partial charge in [-0.2, -0.15) is 0 Å². The SMILES string of the molecule is COC(=O)c1ccc(C(C(=O)OC(C)(C)C)N2C(=O)c3ccccc3C2=O)[nH]1. The first kappa shape index (κ1) is 19.3. The lowest BCUT2D eigenvalue weighted by molar-refractivity contribution is -0.160. The highest BCUT2D eigenvalue weighted by molar-refractivity contribution is 6.22. The molecule has 0 aliphatic carbocycles. The number of hydrogen-bond acceptors (Lipinski definition) is 6. The largest absolute Gasteiger partial charge is 0.464 e. The van der Waals surface area contributed by atoms with Crippen LogP contribution in [0.15, 0.2) is 36.4 Å². The summed E-state index contributed by atoms with van der Waals surface area (Å²) in [4.78, 5) is 54.1. The molecule has 0 bridgehead atoms. The summed E-state index contributed by atoms with van der Waals surface area (Å²) < 4.78 is 10.1. The van der Waals surface area contributed by atoms with Gasteiger partial charge in [0.05, 0.1) is 23.9 Å². The van der Waals surface area contributed by atoms with Crippen LogP contribution < -0.4 is 0 Å². The van der Waals surface area contributed by atoms with E-state index in [1.165, 1.54) is 31.4 Å². The quantitative estimate of drug-likeness (QED) is 0.641. The maximum absolute atomic E-state index is 12.9. The van der Waals surface area contributed by atoms with Crippen molar-refractivity contribution in [3.05, 3.63) is 58.9 Å². The number of aromatic amines is 1. The van der Waals surface area contributed by atoms with E-state index in [1.54, 1.807) is 32.9 Å². The minimum Gasteiger partial charge on any atom is -0.464 e. The number of benzene rings is 1. The van der Waals surface area contributed by atoms with E-state index in [0.717, 1.165) is 4.90 Å². The van der Waals surface area contributed by atoms with E-state index < -0.39 is 35.4 Å². The molecular formula is C20H20N2O6. The first-order chi connectivity index (χ1) is 13.1. The van der Waals surface area contributed by atoms with Gasteiger partial charge in [0.15, 0.2) is 6.04 Å². The van der Waals surface area contributed by atoms with Gasteiger partial charge in [0.1, 0.15) is 11.3 Å². The van der Waals surface area contributed by atoms with Gasteiger partial charge in [0.2, 0.25) is 0 Å². The Hall–Kier alpha value is -3.42. The number of H-pyrrole nitrogens is 1. The van der Waals surface area contributed by atoms with Crippen LogP contribution in [0.4, 0.5) is 0 Å². The third-order valence-corrected chi connectivity index (χ3v) is 4.12. The number of nitrogens with one attached hydrogen (secondary N) is 1. The molecule has 0 fully saturated rings. The number of imide groups is 1. The van der Waals surface area contributed by atoms with Crippen LogP contribution in [0.1, 0.15) is 63.7 Å². The van der Waals surface area contributed by atoms with Gasteiger partial charge in [-0.1, -0.05) is 12.1 Å². The second kappa shape index (κ2) is 6.95. The third-order valence-electron chi connectivity index (χ3n) is 4.12. The van der Waals surface area contributed by atoms with Crippen molar-refractivity contribution in [2.75, 3.05) is 7.11 Å². The second-order valence-corrected chi connectivity index (χ2v) is 7.28. The van der Waals surface area contributed by atoms with Gasteiger partial charge in [-0.05, 0) is 45.0 Å². The van der Waals surface area contributed by atoms with Gasteiger partial charge >= 0.3 is 11.9 Å². The molecule has 1 N–H and O–H groups in total. The maximum atomic E-state index is 12.9. The molecule has 2 heterocycles. The summed E-state index contributed by atoms with van der Waals surface area (Å²) in [5, 5.41) is 0. The van der Waals surface area contributed by atoms with Crippen LogP contribution in [0.25, 0.3) is 0 Å². The fraction of sp³-hybridized carbons (Fsp3) is 0.300. The molecule has 1 atom stereocenters. The smallest absolute Gasteiger partial charge is 0.354 e. The summed E-state index contributed by atoms with van der Waals surface area (Å²) in [6.45, 7) is 5.04. The zero-order valence-corrected chi connectivity index (χ0v) is 15.9. The van der Waals surface area contributed by atoms with Gasteiger partial charge in [-0.25, -0.2) is 9.59 Å². The molecule has 146 valence electrons. The third kappa shape index (κ3) is 3.40. The Labute approximate surface area is 161 Å². The molecule has 1 unspecified atom stereocenters. The first-order valence-corrected chi connectivity index (χ1v) is 8.61. The van der Waals surface area contributed by atoms with Crippen molar-refractivity contribution in [2.24, 2.45) is 0 Å². The fourth-order valence-electron chi connectivity index (χ4n) is 2.97. The van der Waals surface area contributed by atoms with Crippen molar-refractivity contribution in [3.63, 3.8) is 0 Å². The minimum absolute atomic E-state index is 0.0858. The lowest BCUT2D eigenvalue weighted by atomic mass is 10.1. The molecule has 0 radical (unpaired) electrons. The number of esters is 2. The zero-order chi connectivity index (χ0) is 20.6. The molecule has 0 spiro atoms. The summed E-state index contributed by atoms with van der Waals surface area (Å²) in [5.74, 6) is -2.65. The van der Waals surface area contributed by atoms with Crippen LogP contribution in [-0.4, -0.2) is 46.3 Å². The molecule has 8 heteroatoms. The highest BCUT2D eigenvalue weighted by Gasteiger charge is 2.45. The number of carbonyl (C=O) groups is 4. The Morgan fingerprint density at radius 1 is 1.00 bits per heavy atom. The summed E-state index contributed by atoms with van der Waals surface area (Å²) in [6, 6.07) is 7.82. The van der Waals surface area contributed by atoms with Crippen LogP contribution in [-0.2, 0) is 14.3 Å². The molecule has 1 aliphatic heterocycles. The van der Waals surface area contributed by atoms with E-state index in [4.69, 9.17) is 4.74 Å². The van der Waals surface area contributed by atoms with Crippen molar-refractivity contribution in [1.82, 2.24) is 9.88 Å². The van der Waals surface area contributed by atoms with Crippen molar-refractivity contribution < 1.29 is 28.7 Å². The summed E-state index contributed by atoms with van der Waals surface area (Å²) in [6.07, 6.45) is 0. The molecule has 1 aromatic carbocycles. The van der Waals surface area contributed by atoms with Crippen LogP contribution in [0, 0.1) is 0 Å². The number of amides is 2. The molecule has 1 aliphatic rings. The van der Waals surface area contributed by atoms with Crippen LogP contribution in [0.3, 0.4) is 0 Å². The van der Waals surface area contributed by atoms with E-state index in [9.17, 15) is 19.2 Å². The highest BCUT2D eigenvalue weighted by atomic mass is 16.6. The number of hydrogen-bond donors (Lipinski definition) is 1. The van der Waals surface area contributed by atoms with Crippen LogP contribution >= 0.6 is 0 Å². The topological polar surface area (TPSA) is 106 Å². The summed E-state index contributed by atoms with van der Waals surface area (Å²) in [5.41, 5.74) is -0.167. The molecule has 1 aromatic heterocycles. The predicted octanol–water partition coefficient (Wildman–Crippen LogP) is 2.48. The van der Waals surface area contributed by atoms with Crippen molar-refractivity contribution in [1.29, 1.82) is 0 Å². The number of methoxy groups -OCH3 is 1. The molecule has 8 nitrogen and oxygen atoms in total. The summed E-state index contributed by atoms with van der Waals surface area (Å²) >= 11 is 0. The number of rotatable bonds is 4. The van der Waals surface area contributed by atoms with Crippen molar-refractivity contribution in [2.45, 2.75) is 32.4 Å². The number of carbonyl (C=O) groups excluding carboxylic acids is 4. The molecule has 3 rings (SSSR count). The van der Waals surface area contributed by atoms with E-state index in [2.05, 4.69) is 9.72 Å². The van der Waals surface area contributed by atoms with Gasteiger partial charge in [-0.15, -0.1) is 0 Å². The standard InChI is InChI=1S/C20H20N2O6/c1-20(2,3)28-19(26)15(13-9-10-14(21-13)18(25)27-4)22-16(23)11-7-5-6-8-12(11)17(22)24/h5-10,15,21H,1-4H3. The predicted molar refractivity (Wildman–Crippen MR) is 97.7 cm³/mol. The Balaban J connectivity index is 2.06. The monoisotopic (exact) mass is 384 g/mol. The maximum Gasteiger partial charge on any atom is 0.354 e. The van der Waals surface area contributed by atoms with Gasteiger partial charge in [0, 0.05) is 0 Å². The van der Waals surface area contributed by atoms with Crippen molar-refractivity contribution in [3.8, 4) is 0 Å². The molecule has 0 saturated carbocycles. The second-order valence-electron chi connectivity index (χ2n) is 7.28. The molecule has 28 heavy (non-hydrogen) atoms. The molecular weight excluding hydrogens is 364 g/mol. The Kier molecular flexibility index (Phi) is 4.80. The minimum atomic E-state index is -1.37. The van der Waals surface area contributed by atoms with E-state index >= 15 is 0 Å². The Morgan fingerprint density at radius 2 is 1.57 bits per heavy atom. The van der Waals surface area contributed by atoms with Gasteiger partial charge < -0.3 is 14.5 Å². The average Bonchev–Trinajstić information content (AvgIpc) is 3.20. The fourth-order valence-corrected chi connectivity index (χ4v) is 2.97. The molecule has 0 saturated heterocycles. The first-order valence-electron chi connectivity index (χ1n) is 8.61. The number of ether oxygens (including phenoxy) is 2. The lowest BCUT2D eigenvalue weighted by Gasteiger charge is -2.28. The molecule has 2 amide bonds. The van der Waals surface area contributed by atoms with Gasteiger partial charge in [-0.3, -0.25) is 14.5 Å². The average molecular weight is 384 g/mol. The lowest BCUT2D eigenvalue weighted by Crippen LogP contribution is -2.41. The number of aromatic nitrogens is 1. The molecule has 2 aromatic rings. The Morgan fingerprint density at radius 3 is 2.07 bits per heavy atom. The summed E-state index contributed by atoms with van der Waals surface area (Å²) in [7, 11) is 1.22. The number of nitrogens with zero attached hydrogens (tertiary/aromatic N) is 1. The van der Waals surface area contributed by atoms with Crippen LogP contribution in [0.5, 0.6) is 0 Å². The zero-order valence-electron chi connectivity index (χ0n) is 15.9. The highest BCUT2D eigenvalue weighted by Crippen LogP contribution is 2.33. The van der Waals surface area contributed by atoms with Gasteiger partial charge in [0.25, 0.3) is 11.8 Å². The van der Waals surface area contributed by atoms with E-state index in [-0.39, 0.29) is 22.5 Å². The van der Waals surface area contributed by atoms with Crippen molar-refractivity contribution >= 4 is 23.8 Å². The Bertz CT molecular complexity index is 934. The van der Waals surface area contributed by atoms with E-state index in [0.29, 0.717) is 0 Å². The normalized spacial score (nSPS) is 14.6. The van der Waals surface area contributed by atoms with E-state index in [1.807, 2.05) is 0 Å². The number of fused-ring (bicyclic) bond motifs is 1.